The molecule has 6 heteroatoms. The molecular formula is C9H7FN2O3. The second-order valence-corrected chi connectivity index (χ2v) is 2.70. The number of halogens is 1. The predicted molar refractivity (Wildman–Crippen MR) is 51.3 cm³/mol. The van der Waals surface area contributed by atoms with E-state index in [9.17, 15) is 19.3 Å². The van der Waals surface area contributed by atoms with Gasteiger partial charge in [0.15, 0.2) is 0 Å². The van der Waals surface area contributed by atoms with Gasteiger partial charge in [0.2, 0.25) is 5.91 Å². The van der Waals surface area contributed by atoms with Crippen LogP contribution in [0.4, 0.5) is 10.1 Å². The topological polar surface area (TPSA) is 86.2 Å². The average molecular weight is 210 g/mol. The first-order chi connectivity index (χ1) is 7.00. The van der Waals surface area contributed by atoms with Crippen molar-refractivity contribution in [1.82, 2.24) is 0 Å². The number of primary amides is 1. The minimum Gasteiger partial charge on any atom is -0.366 e. The highest BCUT2D eigenvalue weighted by Gasteiger charge is 2.08. The molecule has 0 atom stereocenters. The molecule has 2 N–H and O–H groups in total. The van der Waals surface area contributed by atoms with Gasteiger partial charge < -0.3 is 5.73 Å². The Morgan fingerprint density at radius 2 is 2.20 bits per heavy atom. The van der Waals surface area contributed by atoms with Crippen LogP contribution in [0.3, 0.4) is 0 Å². The van der Waals surface area contributed by atoms with Crippen LogP contribution in [0.5, 0.6) is 0 Å². The first kappa shape index (κ1) is 10.8. The molecule has 78 valence electrons. The molecule has 0 fully saturated rings. The number of nitro benzene ring substituents is 1. The molecule has 0 aromatic heterocycles. The first-order valence-corrected chi connectivity index (χ1v) is 3.92. The SMILES string of the molecule is NC(=O)/C=C/c1ccc([N+](=O)[O-])cc1F. The van der Waals surface area contributed by atoms with Crippen molar-refractivity contribution in [3.8, 4) is 0 Å². The molecule has 0 unspecified atom stereocenters. The Kier molecular flexibility index (Phi) is 3.12. The normalized spacial score (nSPS) is 10.5. The van der Waals surface area contributed by atoms with Gasteiger partial charge in [0.25, 0.3) is 5.69 Å². The van der Waals surface area contributed by atoms with Crippen LogP contribution >= 0.6 is 0 Å². The fourth-order valence-corrected chi connectivity index (χ4v) is 0.937. The minimum atomic E-state index is -0.776. The summed E-state index contributed by atoms with van der Waals surface area (Å²) in [5.74, 6) is -1.49. The monoisotopic (exact) mass is 210 g/mol. The highest BCUT2D eigenvalue weighted by Crippen LogP contribution is 2.17. The number of amides is 1. The number of hydrogen-bond donors (Lipinski definition) is 1. The molecule has 5 nitrogen and oxygen atoms in total. The maximum absolute atomic E-state index is 13.2. The molecule has 0 aliphatic rings. The third-order valence-corrected chi connectivity index (χ3v) is 1.62. The van der Waals surface area contributed by atoms with Gasteiger partial charge in [0.05, 0.1) is 11.0 Å². The number of nitrogens with two attached hydrogens (primary N) is 1. The largest absolute Gasteiger partial charge is 0.366 e. The van der Waals surface area contributed by atoms with Crippen LogP contribution in [0.1, 0.15) is 5.56 Å². The summed E-state index contributed by atoms with van der Waals surface area (Å²) in [4.78, 5) is 19.9. The second-order valence-electron chi connectivity index (χ2n) is 2.70. The van der Waals surface area contributed by atoms with Crippen molar-refractivity contribution in [2.75, 3.05) is 0 Å². The number of benzene rings is 1. The zero-order chi connectivity index (χ0) is 11.4. The minimum absolute atomic E-state index is 0.0689. The number of hydrogen-bond acceptors (Lipinski definition) is 3. The van der Waals surface area contributed by atoms with Crippen LogP contribution < -0.4 is 5.73 Å². The smallest absolute Gasteiger partial charge is 0.272 e. The zero-order valence-electron chi connectivity index (χ0n) is 7.51. The Labute approximate surface area is 84.2 Å². The standard InChI is InChI=1S/C9H7FN2O3/c10-8-5-7(12(14)15)3-1-6(8)2-4-9(11)13/h1-5H,(H2,11,13)/b4-2+. The van der Waals surface area contributed by atoms with Crippen LogP contribution in [-0.2, 0) is 4.79 Å². The summed E-state index contributed by atoms with van der Waals surface area (Å²) in [6.45, 7) is 0. The van der Waals surface area contributed by atoms with Crippen molar-refractivity contribution >= 4 is 17.7 Å². The van der Waals surface area contributed by atoms with E-state index < -0.39 is 16.6 Å². The molecule has 0 aliphatic carbocycles. The maximum atomic E-state index is 13.2. The molecule has 0 bridgehead atoms. The van der Waals surface area contributed by atoms with E-state index in [0.29, 0.717) is 0 Å². The van der Waals surface area contributed by atoms with E-state index in [2.05, 4.69) is 0 Å². The summed E-state index contributed by atoms with van der Waals surface area (Å²) in [7, 11) is 0. The van der Waals surface area contributed by atoms with Gasteiger partial charge in [-0.3, -0.25) is 14.9 Å². The third kappa shape index (κ3) is 2.87. The summed E-state index contributed by atoms with van der Waals surface area (Å²) in [6.07, 6.45) is 2.13. The molecule has 0 aliphatic heterocycles. The molecule has 1 rings (SSSR count). The summed E-state index contributed by atoms with van der Waals surface area (Å²) in [5, 5.41) is 10.3. The average Bonchev–Trinajstić information content (AvgIpc) is 2.15. The molecule has 0 saturated carbocycles. The quantitative estimate of drug-likeness (QED) is 0.462. The fraction of sp³-hybridized carbons (Fsp3) is 0. The van der Waals surface area contributed by atoms with Crippen LogP contribution in [0, 0.1) is 15.9 Å². The zero-order valence-corrected chi connectivity index (χ0v) is 7.51. The number of nitro groups is 1. The third-order valence-electron chi connectivity index (χ3n) is 1.62. The number of nitrogens with zero attached hydrogens (tertiary/aromatic N) is 1. The predicted octanol–water partition coefficient (Wildman–Crippen LogP) is 1.23. The van der Waals surface area contributed by atoms with Crippen molar-refractivity contribution in [1.29, 1.82) is 0 Å². The van der Waals surface area contributed by atoms with E-state index in [-0.39, 0.29) is 11.3 Å². The van der Waals surface area contributed by atoms with Crippen LogP contribution in [0.15, 0.2) is 24.3 Å². The maximum Gasteiger partial charge on any atom is 0.272 e. The van der Waals surface area contributed by atoms with Gasteiger partial charge in [-0.15, -0.1) is 0 Å². The van der Waals surface area contributed by atoms with E-state index in [4.69, 9.17) is 5.73 Å². The van der Waals surface area contributed by atoms with Crippen molar-refractivity contribution in [3.05, 3.63) is 45.8 Å². The number of non-ortho nitro benzene ring substituents is 1. The molecule has 1 amide bonds. The van der Waals surface area contributed by atoms with Crippen molar-refractivity contribution in [2.45, 2.75) is 0 Å². The lowest BCUT2D eigenvalue weighted by atomic mass is 10.2. The number of carbonyl (C=O) groups excluding carboxylic acids is 1. The highest BCUT2D eigenvalue weighted by molar-refractivity contribution is 5.90. The molecule has 15 heavy (non-hydrogen) atoms. The van der Waals surface area contributed by atoms with Gasteiger partial charge in [-0.2, -0.15) is 0 Å². The Morgan fingerprint density at radius 3 is 2.67 bits per heavy atom. The number of carbonyl (C=O) groups is 1. The molecule has 1 aromatic rings. The van der Waals surface area contributed by atoms with Crippen molar-refractivity contribution in [3.63, 3.8) is 0 Å². The Balaban J connectivity index is 3.03. The lowest BCUT2D eigenvalue weighted by Crippen LogP contribution is -2.05. The summed E-state index contributed by atoms with van der Waals surface area (Å²) in [6, 6.07) is 3.12. The van der Waals surface area contributed by atoms with Gasteiger partial charge in [-0.1, -0.05) is 0 Å². The van der Waals surface area contributed by atoms with E-state index in [1.54, 1.807) is 0 Å². The van der Waals surface area contributed by atoms with Gasteiger partial charge in [-0.25, -0.2) is 4.39 Å². The Morgan fingerprint density at radius 1 is 1.53 bits per heavy atom. The Hall–Kier alpha value is -2.24. The first-order valence-electron chi connectivity index (χ1n) is 3.92. The van der Waals surface area contributed by atoms with E-state index in [0.717, 1.165) is 24.3 Å². The van der Waals surface area contributed by atoms with Crippen molar-refractivity contribution in [2.24, 2.45) is 5.73 Å². The Bertz CT molecular complexity index is 443. The van der Waals surface area contributed by atoms with Gasteiger partial charge >= 0.3 is 0 Å². The molecule has 0 spiro atoms. The summed E-state index contributed by atoms with van der Waals surface area (Å²) >= 11 is 0. The fourth-order valence-electron chi connectivity index (χ4n) is 0.937. The van der Waals surface area contributed by atoms with E-state index in [1.165, 1.54) is 6.07 Å². The lowest BCUT2D eigenvalue weighted by molar-refractivity contribution is -0.385. The lowest BCUT2D eigenvalue weighted by Gasteiger charge is -1.96. The highest BCUT2D eigenvalue weighted by atomic mass is 19.1. The molecule has 0 heterocycles. The summed E-state index contributed by atoms with van der Waals surface area (Å²) in [5.41, 5.74) is 4.54. The van der Waals surface area contributed by atoms with E-state index in [1.807, 2.05) is 0 Å². The molecule has 0 radical (unpaired) electrons. The molecule has 1 aromatic carbocycles. The second kappa shape index (κ2) is 4.32. The van der Waals surface area contributed by atoms with Gasteiger partial charge in [0, 0.05) is 17.7 Å². The van der Waals surface area contributed by atoms with Gasteiger partial charge in [0.1, 0.15) is 5.82 Å². The molecular weight excluding hydrogens is 203 g/mol. The number of rotatable bonds is 3. The van der Waals surface area contributed by atoms with Crippen LogP contribution in [0.2, 0.25) is 0 Å². The van der Waals surface area contributed by atoms with Crippen LogP contribution in [0.25, 0.3) is 6.08 Å². The molecule has 0 saturated heterocycles. The van der Waals surface area contributed by atoms with Crippen molar-refractivity contribution < 1.29 is 14.1 Å². The van der Waals surface area contributed by atoms with E-state index >= 15 is 0 Å². The van der Waals surface area contributed by atoms with Crippen LogP contribution in [-0.4, -0.2) is 10.8 Å². The van der Waals surface area contributed by atoms with Gasteiger partial charge in [-0.05, 0) is 12.1 Å². The summed E-state index contributed by atoms with van der Waals surface area (Å²) < 4.78 is 13.2.